The molecule has 0 heterocycles. The molecule has 0 saturated heterocycles. The molecular weight excluding hydrogens is 508 g/mol. The fourth-order valence-electron chi connectivity index (χ4n) is 6.61. The van der Waals surface area contributed by atoms with Gasteiger partial charge in [-0.15, -0.1) is 0 Å². The molecule has 0 fully saturated rings. The maximum absolute atomic E-state index is 2.31. The van der Waals surface area contributed by atoms with E-state index < -0.39 is 0 Å². The van der Waals surface area contributed by atoms with Crippen LogP contribution in [-0.2, 0) is 0 Å². The van der Waals surface area contributed by atoms with Gasteiger partial charge in [-0.2, -0.15) is 0 Å². The molecule has 0 N–H and O–H groups in total. The quantitative estimate of drug-likeness (QED) is 0.159. The molecule has 2 nitrogen and oxygen atoms in total. The van der Waals surface area contributed by atoms with Gasteiger partial charge in [0.2, 0.25) is 0 Å². The van der Waals surface area contributed by atoms with Crippen LogP contribution in [0, 0.1) is 6.92 Å². The van der Waals surface area contributed by atoms with Crippen molar-refractivity contribution in [1.82, 2.24) is 0 Å². The van der Waals surface area contributed by atoms with Gasteiger partial charge in [-0.25, -0.2) is 0 Å². The average molecular weight is 539 g/mol. The Kier molecular flexibility index (Phi) is 5.61. The van der Waals surface area contributed by atoms with Gasteiger partial charge in [-0.05, 0) is 99.2 Å². The third kappa shape index (κ3) is 3.80. The number of benzene rings is 8. The number of aryl methyl sites for hydroxylation is 1. The molecule has 0 unspecified atom stereocenters. The fourth-order valence-corrected chi connectivity index (χ4v) is 6.61. The molecule has 8 rings (SSSR count). The van der Waals surface area contributed by atoms with E-state index in [1.54, 1.807) is 0 Å². The van der Waals surface area contributed by atoms with Gasteiger partial charge in [-0.1, -0.05) is 96.6 Å². The zero-order chi connectivity index (χ0) is 28.2. The minimum absolute atomic E-state index is 1.13. The molecule has 0 aliphatic heterocycles. The highest BCUT2D eigenvalue weighted by molar-refractivity contribution is 6.34. The number of para-hydroxylation sites is 1. The van der Waals surface area contributed by atoms with Gasteiger partial charge in [-0.3, -0.25) is 0 Å². The van der Waals surface area contributed by atoms with Crippen molar-refractivity contribution in [3.63, 3.8) is 0 Å². The largest absolute Gasteiger partial charge is 0.344 e. The summed E-state index contributed by atoms with van der Waals surface area (Å²) in [5.74, 6) is 0. The summed E-state index contributed by atoms with van der Waals surface area (Å²) < 4.78 is 0. The predicted molar refractivity (Wildman–Crippen MR) is 182 cm³/mol. The number of fused-ring (bicyclic) bond motifs is 2. The van der Waals surface area contributed by atoms with Crippen molar-refractivity contribution in [2.24, 2.45) is 0 Å². The lowest BCUT2D eigenvalue weighted by atomic mass is 9.89. The van der Waals surface area contributed by atoms with E-state index in [-0.39, 0.29) is 0 Å². The van der Waals surface area contributed by atoms with Crippen LogP contribution in [0.4, 0.5) is 28.4 Å². The first-order valence-corrected chi connectivity index (χ1v) is 14.5. The highest BCUT2D eigenvalue weighted by Gasteiger charge is 2.17. The molecule has 0 saturated carbocycles. The minimum Gasteiger partial charge on any atom is -0.344 e. The molecule has 2 heteroatoms. The van der Waals surface area contributed by atoms with Gasteiger partial charge in [0, 0.05) is 40.9 Å². The second-order valence-electron chi connectivity index (χ2n) is 11.2. The molecule has 42 heavy (non-hydrogen) atoms. The number of rotatable bonds is 5. The first kappa shape index (κ1) is 24.5. The summed E-state index contributed by atoms with van der Waals surface area (Å²) in [6.07, 6.45) is 0. The van der Waals surface area contributed by atoms with E-state index in [4.69, 9.17) is 0 Å². The molecule has 0 bridgehead atoms. The SMILES string of the molecule is Cc1ccc(N(c2ccccc2)c2ccc(N(C)c3ccc4c5cccc6cccc(c7cccc3c74)c65)cc2)cc1. The second kappa shape index (κ2) is 9.64. The van der Waals surface area contributed by atoms with Crippen LogP contribution in [0.1, 0.15) is 5.56 Å². The van der Waals surface area contributed by atoms with Gasteiger partial charge < -0.3 is 9.80 Å². The summed E-state index contributed by atoms with van der Waals surface area (Å²) in [6.45, 7) is 2.13. The molecule has 200 valence electrons. The standard InChI is InChI=1S/C40H30N2/c1-27-17-19-31(20-18-27)42(30-11-4-3-5-12-30)32-23-21-29(22-24-32)41(2)38-26-25-36-34-14-7-10-28-9-6-13-33(39(28)34)35-15-8-16-37(38)40(35)36/h3-26H,1-2H3. The molecule has 0 spiro atoms. The Morgan fingerprint density at radius 2 is 0.881 bits per heavy atom. The molecule has 0 aliphatic rings. The zero-order valence-corrected chi connectivity index (χ0v) is 23.8. The maximum atomic E-state index is 2.31. The second-order valence-corrected chi connectivity index (χ2v) is 11.2. The summed E-state index contributed by atoms with van der Waals surface area (Å²) in [4.78, 5) is 4.62. The Morgan fingerprint density at radius 3 is 1.55 bits per heavy atom. The summed E-state index contributed by atoms with van der Waals surface area (Å²) >= 11 is 0. The molecular formula is C40H30N2. The lowest BCUT2D eigenvalue weighted by molar-refractivity contribution is 1.21. The third-order valence-corrected chi connectivity index (χ3v) is 8.67. The summed E-state index contributed by atoms with van der Waals surface area (Å²) in [6, 6.07) is 52.9. The van der Waals surface area contributed by atoms with Crippen LogP contribution in [0.15, 0.2) is 146 Å². The van der Waals surface area contributed by atoms with Crippen LogP contribution in [0.3, 0.4) is 0 Å². The highest BCUT2D eigenvalue weighted by atomic mass is 15.1. The van der Waals surface area contributed by atoms with Crippen molar-refractivity contribution in [2.75, 3.05) is 16.8 Å². The van der Waals surface area contributed by atoms with Crippen molar-refractivity contribution in [2.45, 2.75) is 6.92 Å². The van der Waals surface area contributed by atoms with E-state index in [1.807, 2.05) is 0 Å². The van der Waals surface area contributed by atoms with Gasteiger partial charge in [0.25, 0.3) is 0 Å². The Balaban J connectivity index is 1.24. The molecule has 0 aromatic heterocycles. The Labute approximate surface area is 246 Å². The number of anilines is 5. The van der Waals surface area contributed by atoms with Crippen LogP contribution in [0.25, 0.3) is 43.1 Å². The van der Waals surface area contributed by atoms with Crippen LogP contribution in [0.2, 0.25) is 0 Å². The summed E-state index contributed by atoms with van der Waals surface area (Å²) in [5, 5.41) is 10.5. The van der Waals surface area contributed by atoms with E-state index in [0.717, 1.165) is 22.7 Å². The lowest BCUT2D eigenvalue weighted by Crippen LogP contribution is -2.12. The van der Waals surface area contributed by atoms with E-state index >= 15 is 0 Å². The Morgan fingerprint density at radius 1 is 0.381 bits per heavy atom. The maximum Gasteiger partial charge on any atom is 0.0488 e. The van der Waals surface area contributed by atoms with E-state index in [1.165, 1.54) is 54.3 Å². The Bertz CT molecular complexity index is 2150. The van der Waals surface area contributed by atoms with Gasteiger partial charge in [0.05, 0.1) is 0 Å². The average Bonchev–Trinajstić information content (AvgIpc) is 3.05. The summed E-state index contributed by atoms with van der Waals surface area (Å²) in [5.41, 5.74) is 7.02. The molecule has 0 radical (unpaired) electrons. The predicted octanol–water partition coefficient (Wildman–Crippen LogP) is 11.3. The molecule has 0 amide bonds. The molecule has 8 aromatic rings. The number of hydrogen-bond donors (Lipinski definition) is 0. The van der Waals surface area contributed by atoms with Crippen molar-refractivity contribution < 1.29 is 0 Å². The molecule has 0 aliphatic carbocycles. The third-order valence-electron chi connectivity index (χ3n) is 8.67. The fraction of sp³-hybridized carbons (Fsp3) is 0.0500. The van der Waals surface area contributed by atoms with Gasteiger partial charge in [0.1, 0.15) is 0 Å². The first-order valence-electron chi connectivity index (χ1n) is 14.5. The van der Waals surface area contributed by atoms with E-state index in [9.17, 15) is 0 Å². The first-order chi connectivity index (χ1) is 20.7. The van der Waals surface area contributed by atoms with Crippen molar-refractivity contribution in [3.8, 4) is 0 Å². The van der Waals surface area contributed by atoms with Crippen LogP contribution < -0.4 is 9.80 Å². The van der Waals surface area contributed by atoms with Crippen LogP contribution in [-0.4, -0.2) is 7.05 Å². The van der Waals surface area contributed by atoms with Crippen LogP contribution in [0.5, 0.6) is 0 Å². The number of hydrogen-bond acceptors (Lipinski definition) is 2. The minimum atomic E-state index is 1.13. The monoisotopic (exact) mass is 538 g/mol. The van der Waals surface area contributed by atoms with Crippen molar-refractivity contribution in [1.29, 1.82) is 0 Å². The molecule has 0 atom stereocenters. The normalized spacial score (nSPS) is 11.6. The zero-order valence-electron chi connectivity index (χ0n) is 23.8. The molecule has 8 aromatic carbocycles. The Hall–Kier alpha value is -5.34. The van der Waals surface area contributed by atoms with E-state index in [2.05, 4.69) is 169 Å². The smallest absolute Gasteiger partial charge is 0.0488 e. The highest BCUT2D eigenvalue weighted by Crippen LogP contribution is 2.44. The van der Waals surface area contributed by atoms with Crippen molar-refractivity contribution in [3.05, 3.63) is 151 Å². The summed E-state index contributed by atoms with van der Waals surface area (Å²) in [7, 11) is 2.17. The number of nitrogens with zero attached hydrogens (tertiary/aromatic N) is 2. The lowest BCUT2D eigenvalue weighted by Gasteiger charge is -2.27. The van der Waals surface area contributed by atoms with Gasteiger partial charge in [0.15, 0.2) is 0 Å². The topological polar surface area (TPSA) is 6.48 Å². The van der Waals surface area contributed by atoms with Crippen LogP contribution >= 0.6 is 0 Å². The van der Waals surface area contributed by atoms with Gasteiger partial charge >= 0.3 is 0 Å². The van der Waals surface area contributed by atoms with E-state index in [0.29, 0.717) is 0 Å². The van der Waals surface area contributed by atoms with Crippen molar-refractivity contribution >= 4 is 71.5 Å².